The molecular weight excluding hydrogens is 1080 g/mol. The molecular formula is C56H65N4O14S4+. The molecule has 22 heteroatoms. The molecule has 416 valence electrons. The monoisotopic (exact) mass is 1150 g/mol. The topological polar surface area (TPSA) is 273 Å². The van der Waals surface area contributed by atoms with Crippen LogP contribution in [0.15, 0.2) is 131 Å². The first-order valence-electron chi connectivity index (χ1n) is 25.6. The van der Waals surface area contributed by atoms with Crippen LogP contribution < -0.4 is 15.1 Å². The Hall–Kier alpha value is -6.29. The fraction of sp³-hybridized carbons (Fsp3) is 0.375. The molecule has 0 fully saturated rings. The maximum absolute atomic E-state index is 13.7. The average Bonchev–Trinajstić information content (AvgIpc) is 3.95. The van der Waals surface area contributed by atoms with Crippen LogP contribution in [-0.4, -0.2) is 105 Å². The Morgan fingerprint density at radius 3 is 1.99 bits per heavy atom. The third kappa shape index (κ3) is 14.7. The summed E-state index contributed by atoms with van der Waals surface area (Å²) in [6.45, 7) is 6.76. The molecule has 5 N–H and O–H groups in total. The molecule has 18 nitrogen and oxygen atoms in total. The molecule has 1 unspecified atom stereocenters. The van der Waals surface area contributed by atoms with Gasteiger partial charge in [0.05, 0.1) is 38.9 Å². The SMILES string of the molecule is CC1(C)C(C=CC=CC=C2N(CCCCS(=O)(=O)O)c3ccc(S(=O)(=O)O)cc3C2(C)CCCCCC(=O)NCCC(=O)N2Cc3ccccc3C#Cc3ccccc32)=[N+](CCCCS(=O)(=O)O)c2ccc(S(=O)(=O)O)cc21. The van der Waals surface area contributed by atoms with E-state index in [0.717, 1.165) is 28.1 Å². The zero-order valence-corrected chi connectivity index (χ0v) is 46.9. The van der Waals surface area contributed by atoms with Gasteiger partial charge in [0.2, 0.25) is 17.5 Å². The number of nitrogens with one attached hydrogen (secondary N) is 1. The van der Waals surface area contributed by atoms with Crippen molar-refractivity contribution in [2.45, 2.75) is 112 Å². The number of carbonyl (C=O) groups is 2. The van der Waals surface area contributed by atoms with E-state index < -0.39 is 62.8 Å². The van der Waals surface area contributed by atoms with Crippen LogP contribution in [0.2, 0.25) is 0 Å². The molecule has 3 aliphatic rings. The normalized spacial score (nSPS) is 17.6. The Morgan fingerprint density at radius 1 is 0.667 bits per heavy atom. The third-order valence-electron chi connectivity index (χ3n) is 14.4. The highest BCUT2D eigenvalue weighted by Gasteiger charge is 2.46. The Bertz CT molecular complexity index is 3630. The van der Waals surface area contributed by atoms with Crippen LogP contribution in [0.4, 0.5) is 17.1 Å². The van der Waals surface area contributed by atoms with Crippen LogP contribution in [0.3, 0.4) is 0 Å². The highest BCUT2D eigenvalue weighted by molar-refractivity contribution is 7.86. The number of benzene rings is 4. The maximum Gasteiger partial charge on any atom is 0.294 e. The van der Waals surface area contributed by atoms with E-state index in [0.29, 0.717) is 79.8 Å². The van der Waals surface area contributed by atoms with Crippen molar-refractivity contribution < 1.29 is 66.0 Å². The van der Waals surface area contributed by atoms with Crippen molar-refractivity contribution in [1.82, 2.24) is 5.32 Å². The summed E-state index contributed by atoms with van der Waals surface area (Å²) in [5, 5.41) is 2.89. The zero-order valence-electron chi connectivity index (χ0n) is 43.6. The molecule has 4 aromatic carbocycles. The zero-order chi connectivity index (χ0) is 56.7. The highest BCUT2D eigenvalue weighted by Crippen LogP contribution is 2.51. The molecule has 4 aromatic rings. The van der Waals surface area contributed by atoms with Crippen molar-refractivity contribution in [3.05, 3.63) is 149 Å². The molecule has 0 spiro atoms. The van der Waals surface area contributed by atoms with Gasteiger partial charge in [-0.25, -0.2) is 0 Å². The number of amides is 2. The maximum atomic E-state index is 13.7. The number of unbranched alkanes of at least 4 members (excludes halogenated alkanes) is 4. The Balaban J connectivity index is 1.08. The summed E-state index contributed by atoms with van der Waals surface area (Å²) in [6, 6.07) is 23.7. The number of rotatable bonds is 24. The van der Waals surface area contributed by atoms with E-state index in [1.807, 2.05) is 90.9 Å². The third-order valence-corrected chi connectivity index (χ3v) is 17.7. The van der Waals surface area contributed by atoms with Crippen LogP contribution in [0, 0.1) is 11.8 Å². The van der Waals surface area contributed by atoms with Crippen LogP contribution >= 0.6 is 0 Å². The Morgan fingerprint density at radius 2 is 1.29 bits per heavy atom. The van der Waals surface area contributed by atoms with Gasteiger partial charge in [-0.15, -0.1) is 0 Å². The summed E-state index contributed by atoms with van der Waals surface area (Å²) in [5.74, 6) is 5.11. The van der Waals surface area contributed by atoms with Crippen molar-refractivity contribution >= 4 is 75.1 Å². The van der Waals surface area contributed by atoms with Gasteiger partial charge in [0.1, 0.15) is 6.54 Å². The smallest absolute Gasteiger partial charge is 0.294 e. The minimum absolute atomic E-state index is 0.0667. The largest absolute Gasteiger partial charge is 0.356 e. The molecule has 0 bridgehead atoms. The lowest BCUT2D eigenvalue weighted by atomic mass is 9.77. The van der Waals surface area contributed by atoms with Gasteiger partial charge in [-0.2, -0.15) is 38.2 Å². The molecule has 7 rings (SSSR count). The second kappa shape index (κ2) is 24.4. The quantitative estimate of drug-likeness (QED) is 0.0146. The van der Waals surface area contributed by atoms with Crippen molar-refractivity contribution in [2.75, 3.05) is 40.9 Å². The molecule has 0 saturated heterocycles. The fourth-order valence-corrected chi connectivity index (χ4v) is 12.6. The predicted octanol–water partition coefficient (Wildman–Crippen LogP) is 8.07. The average molecular weight is 1150 g/mol. The number of anilines is 2. The highest BCUT2D eigenvalue weighted by atomic mass is 32.2. The number of allylic oxidation sites excluding steroid dienone is 6. The Kier molecular flexibility index (Phi) is 18.6. The predicted molar refractivity (Wildman–Crippen MR) is 298 cm³/mol. The molecule has 0 aromatic heterocycles. The van der Waals surface area contributed by atoms with Crippen molar-refractivity contribution in [3.8, 4) is 11.8 Å². The van der Waals surface area contributed by atoms with E-state index in [-0.39, 0.29) is 60.4 Å². The van der Waals surface area contributed by atoms with E-state index in [4.69, 9.17) is 0 Å². The summed E-state index contributed by atoms with van der Waals surface area (Å²) in [6.07, 6.45) is 12.3. The summed E-state index contributed by atoms with van der Waals surface area (Å²) in [4.78, 5) is 29.9. The summed E-state index contributed by atoms with van der Waals surface area (Å²) in [7, 11) is -17.6. The van der Waals surface area contributed by atoms with Crippen molar-refractivity contribution in [1.29, 1.82) is 0 Å². The second-order valence-corrected chi connectivity index (χ2v) is 26.3. The van der Waals surface area contributed by atoms with Gasteiger partial charge in [-0.05, 0) is 119 Å². The van der Waals surface area contributed by atoms with E-state index in [2.05, 4.69) is 17.2 Å². The lowest BCUT2D eigenvalue weighted by molar-refractivity contribution is -0.438. The number of carbonyl (C=O) groups excluding carboxylic acids is 2. The molecule has 3 heterocycles. The van der Waals surface area contributed by atoms with E-state index >= 15 is 0 Å². The standard InChI is InChI=1S/C56H64N4O14S4/c1-55(2)46-38-44(77(69,70)71)27-29-49(46)58(34-14-16-36-75(63,64)65)51(55)22-6-4-7-23-52-56(3,47-39-45(78(72,73)74)28-30-50(47)59(52)35-15-17-37-76(66,67)68)32-13-5-8-24-53(61)57-33-31-54(62)60-40-43-20-10-9-18-41(43)25-26-42-19-11-12-21-48(42)60/h4,6-7,9-12,18-23,27-30,38-39H,5,8,13-17,24,31-37,40H2,1-3H3,(H4-,57,61,63,64,65,66,67,68,69,70,71,72,73,74)/p+1. The van der Waals surface area contributed by atoms with Gasteiger partial charge in [0, 0.05) is 78.0 Å². The first kappa shape index (κ1) is 59.4. The summed E-state index contributed by atoms with van der Waals surface area (Å²) < 4.78 is 137. The van der Waals surface area contributed by atoms with Gasteiger partial charge in [0.25, 0.3) is 40.5 Å². The number of nitrogens with zero attached hydrogens (tertiary/aromatic N) is 3. The minimum atomic E-state index is -4.64. The van der Waals surface area contributed by atoms with Crippen molar-refractivity contribution in [3.63, 3.8) is 0 Å². The first-order valence-corrected chi connectivity index (χ1v) is 31.7. The fourth-order valence-electron chi connectivity index (χ4n) is 10.4. The van der Waals surface area contributed by atoms with Crippen molar-refractivity contribution in [2.24, 2.45) is 0 Å². The number of fused-ring (bicyclic) bond motifs is 4. The second-order valence-electron chi connectivity index (χ2n) is 20.3. The molecule has 0 aliphatic carbocycles. The van der Waals surface area contributed by atoms with E-state index in [1.54, 1.807) is 35.3 Å². The first-order chi connectivity index (χ1) is 36.7. The van der Waals surface area contributed by atoms with Gasteiger partial charge in [-0.1, -0.05) is 73.2 Å². The lowest BCUT2D eigenvalue weighted by Crippen LogP contribution is -2.35. The Labute approximate surface area is 457 Å². The molecule has 3 aliphatic heterocycles. The van der Waals surface area contributed by atoms with Crippen LogP contribution in [-0.2, 0) is 67.4 Å². The minimum Gasteiger partial charge on any atom is -0.356 e. The van der Waals surface area contributed by atoms with Crippen LogP contribution in [0.5, 0.6) is 0 Å². The summed E-state index contributed by atoms with van der Waals surface area (Å²) >= 11 is 0. The molecule has 0 radical (unpaired) electrons. The van der Waals surface area contributed by atoms with Gasteiger partial charge in [0.15, 0.2) is 5.71 Å². The van der Waals surface area contributed by atoms with Gasteiger partial charge < -0.3 is 15.1 Å². The van der Waals surface area contributed by atoms with Gasteiger partial charge in [-0.3, -0.25) is 27.8 Å². The molecule has 0 saturated carbocycles. The number of hydrogen-bond donors (Lipinski definition) is 5. The number of hydrogen-bond acceptors (Lipinski definition) is 11. The lowest BCUT2D eigenvalue weighted by Gasteiger charge is -2.30. The van der Waals surface area contributed by atoms with Crippen LogP contribution in [0.1, 0.15) is 113 Å². The van der Waals surface area contributed by atoms with E-state index in [9.17, 15) is 61.5 Å². The summed E-state index contributed by atoms with van der Waals surface area (Å²) in [5.41, 5.74) is 5.43. The molecule has 2 amide bonds. The molecule has 78 heavy (non-hydrogen) atoms. The number of para-hydroxylation sites is 1. The van der Waals surface area contributed by atoms with E-state index in [1.165, 1.54) is 24.3 Å². The molecule has 1 atom stereocenters. The van der Waals surface area contributed by atoms with Crippen LogP contribution in [0.25, 0.3) is 0 Å². The van der Waals surface area contributed by atoms with Gasteiger partial charge >= 0.3 is 0 Å².